The first kappa shape index (κ1) is 19.2. The standard InChI is InChI=1S/C21H19BrN2O3S/c1-13-21(20(26)24(23-13)17-6-4-3-5-7-17)18(27-14(2)25)12-28-19(21)15-8-10-16(22)11-9-15/h3-11,18-19H,12H2,1-2H3/t18-,19-,21+/m0/s1. The molecule has 1 fully saturated rings. The summed E-state index contributed by atoms with van der Waals surface area (Å²) in [6.07, 6.45) is -0.561. The van der Waals surface area contributed by atoms with Crippen molar-refractivity contribution < 1.29 is 14.3 Å². The van der Waals surface area contributed by atoms with E-state index in [1.54, 1.807) is 11.8 Å². The first-order valence-electron chi connectivity index (χ1n) is 8.94. The van der Waals surface area contributed by atoms with Crippen molar-refractivity contribution in [3.8, 4) is 0 Å². The molecule has 2 aromatic rings. The monoisotopic (exact) mass is 458 g/mol. The van der Waals surface area contributed by atoms with Crippen LogP contribution in [0.5, 0.6) is 0 Å². The third kappa shape index (κ3) is 2.97. The number of rotatable bonds is 3. The van der Waals surface area contributed by atoms with Gasteiger partial charge in [-0.15, -0.1) is 11.8 Å². The number of nitrogens with zero attached hydrogens (tertiary/aromatic N) is 2. The number of amides is 1. The van der Waals surface area contributed by atoms with Gasteiger partial charge >= 0.3 is 5.97 Å². The number of carbonyl (C=O) groups excluding carboxylic acids is 2. The molecule has 0 radical (unpaired) electrons. The number of hydrazone groups is 1. The number of hydrogen-bond donors (Lipinski definition) is 0. The zero-order valence-corrected chi connectivity index (χ0v) is 17.9. The van der Waals surface area contributed by atoms with E-state index in [-0.39, 0.29) is 17.1 Å². The van der Waals surface area contributed by atoms with Gasteiger partial charge < -0.3 is 4.74 Å². The molecule has 0 saturated carbocycles. The first-order valence-corrected chi connectivity index (χ1v) is 10.8. The van der Waals surface area contributed by atoms with Crippen molar-refractivity contribution in [2.75, 3.05) is 10.8 Å². The normalized spacial score (nSPS) is 26.6. The number of ether oxygens (including phenoxy) is 1. The average molecular weight is 459 g/mol. The lowest BCUT2D eigenvalue weighted by Crippen LogP contribution is -2.50. The molecule has 1 spiro atoms. The molecule has 2 aliphatic rings. The molecule has 2 heterocycles. The summed E-state index contributed by atoms with van der Waals surface area (Å²) in [5.41, 5.74) is 1.38. The highest BCUT2D eigenvalue weighted by molar-refractivity contribution is 9.10. The molecule has 0 unspecified atom stereocenters. The van der Waals surface area contributed by atoms with Gasteiger partial charge in [-0.3, -0.25) is 9.59 Å². The fourth-order valence-electron chi connectivity index (χ4n) is 3.96. The van der Waals surface area contributed by atoms with E-state index < -0.39 is 11.5 Å². The predicted octanol–water partition coefficient (Wildman–Crippen LogP) is 4.58. The second-order valence-corrected chi connectivity index (χ2v) is 8.92. The van der Waals surface area contributed by atoms with Gasteiger partial charge in [0.2, 0.25) is 0 Å². The summed E-state index contributed by atoms with van der Waals surface area (Å²) in [5.74, 6) is 0.00205. The van der Waals surface area contributed by atoms with E-state index in [0.717, 1.165) is 10.0 Å². The molecule has 7 heteroatoms. The smallest absolute Gasteiger partial charge is 0.302 e. The van der Waals surface area contributed by atoms with Gasteiger partial charge in [0, 0.05) is 17.1 Å². The second-order valence-electron chi connectivity index (χ2n) is 6.87. The Hall–Kier alpha value is -2.12. The third-order valence-corrected chi connectivity index (χ3v) is 7.21. The molecule has 0 aromatic heterocycles. The van der Waals surface area contributed by atoms with Gasteiger partial charge in [-0.05, 0) is 36.8 Å². The summed E-state index contributed by atoms with van der Waals surface area (Å²) in [5, 5.41) is 5.88. The molecule has 0 aliphatic carbocycles. The molecular formula is C21H19BrN2O3S. The van der Waals surface area contributed by atoms with Crippen molar-refractivity contribution in [1.29, 1.82) is 0 Å². The number of halogens is 1. The number of thioether (sulfide) groups is 1. The molecule has 0 N–H and O–H groups in total. The van der Waals surface area contributed by atoms with Gasteiger partial charge in [0.25, 0.3) is 5.91 Å². The molecule has 2 aromatic carbocycles. The molecule has 1 saturated heterocycles. The maximum atomic E-state index is 13.8. The summed E-state index contributed by atoms with van der Waals surface area (Å²) in [4.78, 5) is 25.6. The fourth-order valence-corrected chi connectivity index (χ4v) is 5.96. The number of carbonyl (C=O) groups is 2. The summed E-state index contributed by atoms with van der Waals surface area (Å²) >= 11 is 5.09. The van der Waals surface area contributed by atoms with Crippen LogP contribution in [0, 0.1) is 5.41 Å². The molecule has 0 bridgehead atoms. The number of hydrogen-bond acceptors (Lipinski definition) is 5. The Labute approximate surface area is 176 Å². The van der Waals surface area contributed by atoms with Gasteiger partial charge in [-0.1, -0.05) is 46.3 Å². The van der Waals surface area contributed by atoms with Crippen LogP contribution in [0.3, 0.4) is 0 Å². The van der Waals surface area contributed by atoms with Gasteiger partial charge in [0.15, 0.2) is 0 Å². The molecule has 4 rings (SSSR count). The van der Waals surface area contributed by atoms with Crippen molar-refractivity contribution in [2.24, 2.45) is 10.5 Å². The molecular weight excluding hydrogens is 440 g/mol. The van der Waals surface area contributed by atoms with Crippen LogP contribution < -0.4 is 5.01 Å². The van der Waals surface area contributed by atoms with Crippen LogP contribution in [0.25, 0.3) is 0 Å². The lowest BCUT2D eigenvalue weighted by Gasteiger charge is -2.33. The minimum Gasteiger partial charge on any atom is -0.460 e. The van der Waals surface area contributed by atoms with Crippen LogP contribution in [0.15, 0.2) is 64.2 Å². The number of para-hydroxylation sites is 1. The van der Waals surface area contributed by atoms with Crippen molar-refractivity contribution in [3.05, 3.63) is 64.6 Å². The highest BCUT2D eigenvalue weighted by Crippen LogP contribution is 2.58. The fraction of sp³-hybridized carbons (Fsp3) is 0.286. The lowest BCUT2D eigenvalue weighted by molar-refractivity contribution is -0.151. The Kier molecular flexibility index (Phi) is 5.05. The zero-order valence-electron chi connectivity index (χ0n) is 15.5. The first-order chi connectivity index (χ1) is 13.4. The molecule has 3 atom stereocenters. The van der Waals surface area contributed by atoms with Crippen LogP contribution in [0.1, 0.15) is 24.7 Å². The SMILES string of the molecule is CC(=O)O[C@H]1CS[C@@H](c2ccc(Br)cc2)[C@]12C(=O)N(c1ccccc1)N=C2C. The maximum absolute atomic E-state index is 13.8. The van der Waals surface area contributed by atoms with Crippen molar-refractivity contribution in [2.45, 2.75) is 25.2 Å². The Balaban J connectivity index is 1.82. The third-order valence-electron chi connectivity index (χ3n) is 5.21. The van der Waals surface area contributed by atoms with Gasteiger partial charge in [-0.2, -0.15) is 10.1 Å². The minimum atomic E-state index is -1.01. The number of esters is 1. The second kappa shape index (κ2) is 7.37. The van der Waals surface area contributed by atoms with Gasteiger partial charge in [-0.25, -0.2) is 0 Å². The quantitative estimate of drug-likeness (QED) is 0.631. The van der Waals surface area contributed by atoms with E-state index in [1.165, 1.54) is 11.9 Å². The summed E-state index contributed by atoms with van der Waals surface area (Å²) in [6, 6.07) is 17.3. The predicted molar refractivity (Wildman–Crippen MR) is 114 cm³/mol. The summed E-state index contributed by atoms with van der Waals surface area (Å²) in [7, 11) is 0. The van der Waals surface area contributed by atoms with E-state index >= 15 is 0 Å². The van der Waals surface area contributed by atoms with Crippen molar-refractivity contribution in [3.63, 3.8) is 0 Å². The van der Waals surface area contributed by atoms with E-state index in [1.807, 2.05) is 61.5 Å². The van der Waals surface area contributed by atoms with Gasteiger partial charge in [0.1, 0.15) is 11.5 Å². The molecule has 144 valence electrons. The summed E-state index contributed by atoms with van der Waals surface area (Å²) in [6.45, 7) is 3.24. The Morgan fingerprint density at radius 3 is 2.54 bits per heavy atom. The topological polar surface area (TPSA) is 59.0 Å². The van der Waals surface area contributed by atoms with E-state index in [0.29, 0.717) is 17.2 Å². The summed E-state index contributed by atoms with van der Waals surface area (Å²) < 4.78 is 6.62. The van der Waals surface area contributed by atoms with Crippen LogP contribution in [0.4, 0.5) is 5.69 Å². The highest BCUT2D eigenvalue weighted by atomic mass is 79.9. The molecule has 5 nitrogen and oxygen atoms in total. The minimum absolute atomic E-state index is 0.152. The van der Waals surface area contributed by atoms with Crippen LogP contribution in [0.2, 0.25) is 0 Å². The Bertz CT molecular complexity index is 948. The molecule has 2 aliphatic heterocycles. The molecule has 28 heavy (non-hydrogen) atoms. The van der Waals surface area contributed by atoms with Crippen molar-refractivity contribution in [1.82, 2.24) is 0 Å². The van der Waals surface area contributed by atoms with Crippen molar-refractivity contribution >= 4 is 51.0 Å². The largest absolute Gasteiger partial charge is 0.460 e. The number of benzene rings is 2. The van der Waals surface area contributed by atoms with E-state index in [4.69, 9.17) is 4.74 Å². The Morgan fingerprint density at radius 1 is 1.21 bits per heavy atom. The van der Waals surface area contributed by atoms with Crippen LogP contribution in [-0.2, 0) is 14.3 Å². The van der Waals surface area contributed by atoms with E-state index in [2.05, 4.69) is 21.0 Å². The van der Waals surface area contributed by atoms with Gasteiger partial charge in [0.05, 0.1) is 16.6 Å². The average Bonchev–Trinajstić information content (AvgIpc) is 3.17. The van der Waals surface area contributed by atoms with Crippen LogP contribution >= 0.6 is 27.7 Å². The van der Waals surface area contributed by atoms with Crippen LogP contribution in [-0.4, -0.2) is 29.4 Å². The Morgan fingerprint density at radius 2 is 1.89 bits per heavy atom. The highest BCUT2D eigenvalue weighted by Gasteiger charge is 2.65. The lowest BCUT2D eigenvalue weighted by atomic mass is 9.73. The zero-order chi connectivity index (χ0) is 19.9. The molecule has 1 amide bonds. The van der Waals surface area contributed by atoms with E-state index in [9.17, 15) is 9.59 Å². The maximum Gasteiger partial charge on any atom is 0.302 e. The number of anilines is 1.